The van der Waals surface area contributed by atoms with E-state index in [0.29, 0.717) is 5.95 Å². The van der Waals surface area contributed by atoms with Gasteiger partial charge in [-0.2, -0.15) is 0 Å². The first kappa shape index (κ1) is 13.0. The Bertz CT molecular complexity index is 499. The molecule has 0 aliphatic carbocycles. The number of aliphatic hydroxyl groups excluding tert-OH is 1. The predicted octanol–water partition coefficient (Wildman–Crippen LogP) is 2.02. The number of rotatable bonds is 5. The van der Waals surface area contributed by atoms with E-state index in [0.717, 1.165) is 24.2 Å². The second-order valence-electron chi connectivity index (χ2n) is 4.19. The quantitative estimate of drug-likeness (QED) is 0.896. The molecule has 0 amide bonds. The van der Waals surface area contributed by atoms with Gasteiger partial charge in [0.15, 0.2) is 0 Å². The van der Waals surface area contributed by atoms with Crippen LogP contribution in [0.5, 0.6) is 0 Å². The Kier molecular flexibility index (Phi) is 4.28. The zero-order valence-electron chi connectivity index (χ0n) is 10.6. The van der Waals surface area contributed by atoms with Crippen molar-refractivity contribution in [1.29, 1.82) is 0 Å². The zero-order chi connectivity index (χ0) is 13.0. The highest BCUT2D eigenvalue weighted by Crippen LogP contribution is 2.13. The highest BCUT2D eigenvalue weighted by atomic mass is 32.1. The fourth-order valence-electron chi connectivity index (χ4n) is 1.65. The van der Waals surface area contributed by atoms with Crippen molar-refractivity contribution < 1.29 is 5.11 Å². The molecule has 2 aromatic rings. The van der Waals surface area contributed by atoms with E-state index in [1.54, 1.807) is 17.5 Å². The molecule has 0 radical (unpaired) electrons. The monoisotopic (exact) mass is 263 g/mol. The van der Waals surface area contributed by atoms with Gasteiger partial charge < -0.3 is 10.0 Å². The molecular weight excluding hydrogens is 246 g/mol. The Labute approximate surface area is 111 Å². The molecule has 1 N–H and O–H groups in total. The molecule has 0 atom stereocenters. The van der Waals surface area contributed by atoms with Crippen molar-refractivity contribution in [1.82, 2.24) is 9.97 Å². The molecular formula is C13H17N3OS. The van der Waals surface area contributed by atoms with Crippen LogP contribution in [0.4, 0.5) is 5.95 Å². The maximum Gasteiger partial charge on any atom is 0.225 e. The van der Waals surface area contributed by atoms with Gasteiger partial charge in [0.2, 0.25) is 5.95 Å². The number of likely N-dealkylation sites (N-methyl/N-ethyl adjacent to an activating group) is 1. The van der Waals surface area contributed by atoms with E-state index in [-0.39, 0.29) is 6.61 Å². The minimum Gasteiger partial charge on any atom is -0.392 e. The average molecular weight is 263 g/mol. The predicted molar refractivity (Wildman–Crippen MR) is 74.0 cm³/mol. The smallest absolute Gasteiger partial charge is 0.225 e. The lowest BCUT2D eigenvalue weighted by molar-refractivity contribution is 0.280. The van der Waals surface area contributed by atoms with Crippen LogP contribution in [0.3, 0.4) is 0 Å². The lowest BCUT2D eigenvalue weighted by Gasteiger charge is -2.17. The Balaban J connectivity index is 2.00. The van der Waals surface area contributed by atoms with E-state index in [9.17, 15) is 0 Å². The van der Waals surface area contributed by atoms with Crippen molar-refractivity contribution in [2.24, 2.45) is 0 Å². The highest BCUT2D eigenvalue weighted by Gasteiger charge is 2.07. The summed E-state index contributed by atoms with van der Waals surface area (Å²) in [5.41, 5.74) is 1.62. The van der Waals surface area contributed by atoms with E-state index in [1.807, 2.05) is 18.9 Å². The first-order valence-electron chi connectivity index (χ1n) is 5.87. The van der Waals surface area contributed by atoms with Gasteiger partial charge in [-0.05, 0) is 24.8 Å². The van der Waals surface area contributed by atoms with E-state index in [1.165, 1.54) is 4.88 Å². The number of hydrogen-bond donors (Lipinski definition) is 1. The van der Waals surface area contributed by atoms with Gasteiger partial charge in [0, 0.05) is 35.9 Å². The fourth-order valence-corrected chi connectivity index (χ4v) is 2.35. The van der Waals surface area contributed by atoms with Crippen molar-refractivity contribution in [3.8, 4) is 0 Å². The van der Waals surface area contributed by atoms with E-state index >= 15 is 0 Å². The van der Waals surface area contributed by atoms with Crippen LogP contribution in [-0.2, 0) is 13.0 Å². The second-order valence-corrected chi connectivity index (χ2v) is 5.22. The van der Waals surface area contributed by atoms with Crippen LogP contribution < -0.4 is 4.90 Å². The molecule has 2 rings (SSSR count). The van der Waals surface area contributed by atoms with Crippen molar-refractivity contribution in [3.05, 3.63) is 39.8 Å². The summed E-state index contributed by atoms with van der Waals surface area (Å²) < 4.78 is 0. The van der Waals surface area contributed by atoms with Crippen molar-refractivity contribution in [3.63, 3.8) is 0 Å². The molecule has 96 valence electrons. The van der Waals surface area contributed by atoms with Crippen molar-refractivity contribution >= 4 is 17.3 Å². The minimum absolute atomic E-state index is 0.00891. The van der Waals surface area contributed by atoms with E-state index in [4.69, 9.17) is 5.11 Å². The average Bonchev–Trinajstić information content (AvgIpc) is 2.89. The summed E-state index contributed by atoms with van der Waals surface area (Å²) in [6.45, 7) is 2.77. The molecule has 0 saturated carbocycles. The summed E-state index contributed by atoms with van der Waals surface area (Å²) in [6, 6.07) is 4.20. The molecule has 4 nitrogen and oxygen atoms in total. The summed E-state index contributed by atoms with van der Waals surface area (Å²) in [5, 5.41) is 11.2. The number of aromatic nitrogens is 2. The summed E-state index contributed by atoms with van der Waals surface area (Å²) in [6.07, 6.45) is 2.69. The number of thiophene rings is 1. The van der Waals surface area contributed by atoms with Gasteiger partial charge in [-0.15, -0.1) is 11.3 Å². The van der Waals surface area contributed by atoms with Crippen molar-refractivity contribution in [2.45, 2.75) is 20.0 Å². The van der Waals surface area contributed by atoms with Gasteiger partial charge in [-0.25, -0.2) is 9.97 Å². The fraction of sp³-hybridized carbons (Fsp3) is 0.385. The van der Waals surface area contributed by atoms with Gasteiger partial charge in [-0.1, -0.05) is 6.07 Å². The first-order chi connectivity index (χ1) is 8.70. The summed E-state index contributed by atoms with van der Waals surface area (Å²) in [4.78, 5) is 12.1. The summed E-state index contributed by atoms with van der Waals surface area (Å²) in [5.74, 6) is 0.709. The van der Waals surface area contributed by atoms with Crippen LogP contribution in [-0.4, -0.2) is 28.7 Å². The lowest BCUT2D eigenvalue weighted by atomic mass is 10.2. The van der Waals surface area contributed by atoms with Crippen LogP contribution in [0.15, 0.2) is 23.7 Å². The molecule has 0 aromatic carbocycles. The molecule has 0 fully saturated rings. The van der Waals surface area contributed by atoms with E-state index < -0.39 is 0 Å². The number of aryl methyl sites for hydroxylation is 1. The van der Waals surface area contributed by atoms with Gasteiger partial charge in [0.05, 0.1) is 6.61 Å². The molecule has 5 heteroatoms. The number of nitrogens with zero attached hydrogens (tertiary/aromatic N) is 3. The normalized spacial score (nSPS) is 10.6. The molecule has 0 bridgehead atoms. The molecule has 2 aromatic heterocycles. The largest absolute Gasteiger partial charge is 0.392 e. The van der Waals surface area contributed by atoms with E-state index in [2.05, 4.69) is 27.5 Å². The van der Waals surface area contributed by atoms with Crippen LogP contribution in [0, 0.1) is 6.92 Å². The Hall–Kier alpha value is -1.46. The maximum absolute atomic E-state index is 9.08. The van der Waals surface area contributed by atoms with Gasteiger partial charge >= 0.3 is 0 Å². The van der Waals surface area contributed by atoms with Crippen LogP contribution >= 0.6 is 11.3 Å². The molecule has 18 heavy (non-hydrogen) atoms. The first-order valence-corrected chi connectivity index (χ1v) is 6.75. The minimum atomic E-state index is -0.00891. The molecule has 0 saturated heterocycles. The van der Waals surface area contributed by atoms with Crippen LogP contribution in [0.1, 0.15) is 16.1 Å². The second kappa shape index (κ2) is 5.93. The standard InChI is InChI=1S/C13H17N3OS/c1-10-11(9-17)8-14-13(15-10)16(2)6-5-12-4-3-7-18-12/h3-4,7-8,17H,5-6,9H2,1-2H3. The maximum atomic E-state index is 9.08. The third-order valence-electron chi connectivity index (χ3n) is 2.85. The Morgan fingerprint density at radius 3 is 2.89 bits per heavy atom. The SMILES string of the molecule is Cc1nc(N(C)CCc2cccs2)ncc1CO. The zero-order valence-corrected chi connectivity index (χ0v) is 11.4. The van der Waals surface area contributed by atoms with Crippen LogP contribution in [0.25, 0.3) is 0 Å². The van der Waals surface area contributed by atoms with Gasteiger partial charge in [0.25, 0.3) is 0 Å². The number of hydrogen-bond acceptors (Lipinski definition) is 5. The summed E-state index contributed by atoms with van der Waals surface area (Å²) >= 11 is 1.77. The van der Waals surface area contributed by atoms with Gasteiger partial charge in [-0.3, -0.25) is 0 Å². The molecule has 0 aliphatic rings. The molecule has 0 unspecified atom stereocenters. The van der Waals surface area contributed by atoms with Crippen LogP contribution in [0.2, 0.25) is 0 Å². The lowest BCUT2D eigenvalue weighted by Crippen LogP contribution is -2.22. The molecule has 0 spiro atoms. The third-order valence-corrected chi connectivity index (χ3v) is 3.79. The molecule has 2 heterocycles. The Morgan fingerprint density at radius 2 is 2.28 bits per heavy atom. The Morgan fingerprint density at radius 1 is 1.44 bits per heavy atom. The van der Waals surface area contributed by atoms with Crippen molar-refractivity contribution in [2.75, 3.05) is 18.5 Å². The van der Waals surface area contributed by atoms with Gasteiger partial charge in [0.1, 0.15) is 0 Å². The number of aliphatic hydroxyl groups is 1. The third kappa shape index (κ3) is 3.05. The number of anilines is 1. The molecule has 0 aliphatic heterocycles. The summed E-state index contributed by atoms with van der Waals surface area (Å²) in [7, 11) is 1.99. The topological polar surface area (TPSA) is 49.2 Å². The highest BCUT2D eigenvalue weighted by molar-refractivity contribution is 7.09.